The Balaban J connectivity index is 1.83. The van der Waals surface area contributed by atoms with E-state index in [-0.39, 0.29) is 0 Å². The summed E-state index contributed by atoms with van der Waals surface area (Å²) in [5, 5.41) is 3.67. The predicted molar refractivity (Wildman–Crippen MR) is 138 cm³/mol. The molecule has 162 valence electrons. The van der Waals surface area contributed by atoms with Crippen LogP contribution < -0.4 is 9.80 Å². The van der Waals surface area contributed by atoms with Gasteiger partial charge in [0.2, 0.25) is 0 Å². The highest BCUT2D eigenvalue weighted by molar-refractivity contribution is 5.76. The fraction of sp³-hybridized carbons (Fsp3) is 0.310. The fourth-order valence-electron chi connectivity index (χ4n) is 3.97. The maximum absolute atomic E-state index is 4.52. The minimum atomic E-state index is 0.735. The highest BCUT2D eigenvalue weighted by Crippen LogP contribution is 2.37. The number of rotatable bonds is 10. The van der Waals surface area contributed by atoms with Crippen molar-refractivity contribution in [3.63, 3.8) is 0 Å². The van der Waals surface area contributed by atoms with Gasteiger partial charge in [0.1, 0.15) is 11.4 Å². The Hall–Kier alpha value is -2.84. The second-order valence-corrected chi connectivity index (χ2v) is 8.71. The Morgan fingerprint density at radius 1 is 0.871 bits per heavy atom. The Morgan fingerprint density at radius 3 is 2.13 bits per heavy atom. The van der Waals surface area contributed by atoms with Crippen LogP contribution in [0.2, 0.25) is 0 Å². The van der Waals surface area contributed by atoms with Gasteiger partial charge < -0.3 is 5.32 Å². The maximum atomic E-state index is 4.52. The zero-order valence-electron chi connectivity index (χ0n) is 19.6. The second-order valence-electron chi connectivity index (χ2n) is 8.71. The van der Waals surface area contributed by atoms with E-state index in [2.05, 4.69) is 119 Å². The smallest absolute Gasteiger partial charge is 0.161 e. The van der Waals surface area contributed by atoms with Gasteiger partial charge in [0.05, 0.1) is 13.6 Å². The number of quaternary nitrogens is 1. The largest absolute Gasteiger partial charge is 0.351 e. The molecular formula is C29H37N2+. The molecule has 0 fully saturated rings. The van der Waals surface area contributed by atoms with Crippen LogP contribution in [0.25, 0.3) is 11.1 Å². The molecule has 0 radical (unpaired) electrons. The predicted octanol–water partition coefficient (Wildman–Crippen LogP) is 8.39. The van der Waals surface area contributed by atoms with Crippen molar-refractivity contribution in [1.82, 2.24) is 4.48 Å². The summed E-state index contributed by atoms with van der Waals surface area (Å²) in [6, 6.07) is 27.8. The molecule has 0 saturated carbocycles. The second kappa shape index (κ2) is 10.5. The maximum Gasteiger partial charge on any atom is 0.161 e. The first-order chi connectivity index (χ1) is 15.0. The van der Waals surface area contributed by atoms with Crippen molar-refractivity contribution in [3.05, 3.63) is 91.1 Å². The van der Waals surface area contributed by atoms with Crippen LogP contribution in [-0.2, 0) is 0 Å². The Labute approximate surface area is 188 Å². The molecule has 0 aromatic heterocycles. The van der Waals surface area contributed by atoms with Crippen molar-refractivity contribution >= 4 is 17.1 Å². The van der Waals surface area contributed by atoms with Crippen molar-refractivity contribution < 1.29 is 0 Å². The minimum Gasteiger partial charge on any atom is -0.351 e. The minimum absolute atomic E-state index is 0.735. The van der Waals surface area contributed by atoms with Gasteiger partial charge in [-0.05, 0) is 55.2 Å². The van der Waals surface area contributed by atoms with E-state index in [9.17, 15) is 0 Å². The summed E-state index contributed by atoms with van der Waals surface area (Å²) in [4.78, 5) is 0. The molecule has 3 aromatic rings. The van der Waals surface area contributed by atoms with Gasteiger partial charge in [-0.2, -0.15) is 0 Å². The van der Waals surface area contributed by atoms with E-state index in [1.54, 1.807) is 0 Å². The van der Waals surface area contributed by atoms with Crippen LogP contribution in [0.1, 0.15) is 40.0 Å². The molecule has 2 heteroatoms. The number of nitrogens with zero attached hydrogens (tertiary/aromatic N) is 1. The summed E-state index contributed by atoms with van der Waals surface area (Å²) >= 11 is 0. The molecule has 0 aliphatic rings. The highest BCUT2D eigenvalue weighted by Gasteiger charge is 2.30. The molecule has 0 amide bonds. The first-order valence-electron chi connectivity index (χ1n) is 11.5. The lowest BCUT2D eigenvalue weighted by Gasteiger charge is -2.36. The average Bonchev–Trinajstić information content (AvgIpc) is 2.83. The van der Waals surface area contributed by atoms with Crippen molar-refractivity contribution in [3.8, 4) is 11.1 Å². The van der Waals surface area contributed by atoms with Gasteiger partial charge in [0, 0.05) is 18.2 Å². The molecule has 1 unspecified atom stereocenters. The normalized spacial score (nSPS) is 13.9. The molecule has 3 rings (SSSR count). The molecule has 0 heterocycles. The molecule has 0 spiro atoms. The summed E-state index contributed by atoms with van der Waals surface area (Å²) < 4.78 is 0.752. The first-order valence-corrected chi connectivity index (χ1v) is 11.5. The number of hydrogen-bond acceptors (Lipinski definition) is 1. The molecule has 3 aromatic carbocycles. The zero-order chi connectivity index (χ0) is 22.3. The Kier molecular flexibility index (Phi) is 7.70. The summed E-state index contributed by atoms with van der Waals surface area (Å²) in [7, 11) is 2.29. The monoisotopic (exact) mass is 413 g/mol. The third-order valence-corrected chi connectivity index (χ3v) is 6.66. The van der Waals surface area contributed by atoms with Crippen LogP contribution in [0.4, 0.5) is 17.1 Å². The zero-order valence-corrected chi connectivity index (χ0v) is 19.6. The molecule has 0 aliphatic heterocycles. The molecule has 2 atom stereocenters. The third kappa shape index (κ3) is 5.45. The standard InChI is InChI=1S/C29H37N2/c1-6-23(3)17-18-24(4)31(5,7-2)29-16-12-11-15-28(29)30-27-21-19-26(20-22-27)25-13-9-8-10-14-25/h8-16,19-23,30H,4,6-7,17-18H2,1-3,5H3/q+1/t23-,31?/m0/s1. The lowest BCUT2D eigenvalue weighted by Crippen LogP contribution is -2.43. The molecule has 2 nitrogen and oxygen atoms in total. The van der Waals surface area contributed by atoms with E-state index in [1.807, 2.05) is 0 Å². The van der Waals surface area contributed by atoms with E-state index in [0.29, 0.717) is 0 Å². The van der Waals surface area contributed by atoms with E-state index >= 15 is 0 Å². The van der Waals surface area contributed by atoms with Gasteiger partial charge in [-0.15, -0.1) is 0 Å². The van der Waals surface area contributed by atoms with Gasteiger partial charge in [-0.3, -0.25) is 4.48 Å². The van der Waals surface area contributed by atoms with E-state index in [4.69, 9.17) is 0 Å². The van der Waals surface area contributed by atoms with Crippen LogP contribution in [0.15, 0.2) is 91.1 Å². The number of anilines is 2. The van der Waals surface area contributed by atoms with Gasteiger partial charge in [0.15, 0.2) is 5.69 Å². The summed E-state index contributed by atoms with van der Waals surface area (Å²) in [6.07, 6.45) is 3.47. The number of hydrogen-bond donors (Lipinski definition) is 1. The van der Waals surface area contributed by atoms with Gasteiger partial charge in [-0.1, -0.05) is 74.9 Å². The number of benzene rings is 3. The molecule has 1 N–H and O–H groups in total. The Bertz CT molecular complexity index is 975. The quantitative estimate of drug-likeness (QED) is 0.329. The van der Waals surface area contributed by atoms with E-state index in [0.717, 1.165) is 34.7 Å². The number of para-hydroxylation sites is 2. The van der Waals surface area contributed by atoms with E-state index in [1.165, 1.54) is 35.4 Å². The molecule has 0 aliphatic carbocycles. The summed E-state index contributed by atoms with van der Waals surface area (Å²) in [5.74, 6) is 0.735. The van der Waals surface area contributed by atoms with E-state index < -0.39 is 0 Å². The van der Waals surface area contributed by atoms with Gasteiger partial charge >= 0.3 is 0 Å². The van der Waals surface area contributed by atoms with Gasteiger partial charge in [0.25, 0.3) is 0 Å². The van der Waals surface area contributed by atoms with Gasteiger partial charge in [-0.25, -0.2) is 0 Å². The Morgan fingerprint density at radius 2 is 1.48 bits per heavy atom. The van der Waals surface area contributed by atoms with Crippen molar-refractivity contribution in [2.45, 2.75) is 40.0 Å². The van der Waals surface area contributed by atoms with Crippen LogP contribution in [-0.4, -0.2) is 13.6 Å². The summed E-state index contributed by atoms with van der Waals surface area (Å²) in [5.41, 5.74) is 7.25. The van der Waals surface area contributed by atoms with Crippen LogP contribution in [0.5, 0.6) is 0 Å². The average molecular weight is 414 g/mol. The highest BCUT2D eigenvalue weighted by atomic mass is 15.3. The number of nitrogens with one attached hydrogen (secondary N) is 1. The SMILES string of the molecule is C=C(CC[C@@H](C)CC)[N+](C)(CC)c1ccccc1Nc1ccc(-c2ccccc2)cc1. The third-order valence-electron chi connectivity index (χ3n) is 6.66. The molecule has 0 saturated heterocycles. The first kappa shape index (κ1) is 22.8. The molecule has 31 heavy (non-hydrogen) atoms. The molecule has 0 bridgehead atoms. The van der Waals surface area contributed by atoms with Crippen LogP contribution >= 0.6 is 0 Å². The lowest BCUT2D eigenvalue weighted by atomic mass is 10.0. The van der Waals surface area contributed by atoms with Crippen molar-refractivity contribution in [2.75, 3.05) is 18.9 Å². The van der Waals surface area contributed by atoms with Crippen LogP contribution in [0, 0.1) is 5.92 Å². The van der Waals surface area contributed by atoms with Crippen molar-refractivity contribution in [2.24, 2.45) is 5.92 Å². The van der Waals surface area contributed by atoms with Crippen molar-refractivity contribution in [1.29, 1.82) is 0 Å². The molecular weight excluding hydrogens is 376 g/mol. The number of allylic oxidation sites excluding steroid dienone is 1. The fourth-order valence-corrected chi connectivity index (χ4v) is 3.97. The topological polar surface area (TPSA) is 12.0 Å². The summed E-state index contributed by atoms with van der Waals surface area (Å²) in [6.45, 7) is 12.3. The lowest BCUT2D eigenvalue weighted by molar-refractivity contribution is 0.394. The van der Waals surface area contributed by atoms with Crippen LogP contribution in [0.3, 0.4) is 0 Å².